The SMILES string of the molecule is CC(C)C[C@H](NC(=O)[C@H](C)NC(=O)[C@H](CCCN=C(N)N)NC(=O)[C@@H]1CCCN1C(=O)[C@@H]1CCCN1C(=O)[C@H](CC(C)C)NC(=O)[C@H](CO)NC(=O)[C@@H](NC(=O)[C@H](C)N)[C@@H](C)O)C(=O)O. The summed E-state index contributed by atoms with van der Waals surface area (Å²) in [7, 11) is 0. The summed E-state index contributed by atoms with van der Waals surface area (Å²) in [5.41, 5.74) is 16.5. The molecule has 368 valence electrons. The minimum absolute atomic E-state index is 0.0222. The number of aliphatic hydroxyl groups excluding tert-OH is 2. The zero-order chi connectivity index (χ0) is 49.3. The van der Waals surface area contributed by atoms with Gasteiger partial charge in [0, 0.05) is 19.6 Å². The van der Waals surface area contributed by atoms with Crippen LogP contribution in [0.4, 0.5) is 0 Å². The zero-order valence-electron chi connectivity index (χ0n) is 38.5. The van der Waals surface area contributed by atoms with E-state index in [0.717, 1.165) is 0 Å². The number of hydrogen-bond acceptors (Lipinski definition) is 13. The highest BCUT2D eigenvalue weighted by Gasteiger charge is 2.44. The summed E-state index contributed by atoms with van der Waals surface area (Å²) in [5, 5.41) is 44.6. The number of likely N-dealkylation sites (tertiary alicyclic amines) is 2. The molecule has 0 aliphatic carbocycles. The molecule has 0 spiro atoms. The van der Waals surface area contributed by atoms with Crippen LogP contribution in [-0.4, -0.2) is 171 Å². The van der Waals surface area contributed by atoms with Crippen LogP contribution >= 0.6 is 0 Å². The van der Waals surface area contributed by atoms with Gasteiger partial charge in [0.2, 0.25) is 47.3 Å². The Bertz CT molecular complexity index is 1720. The molecule has 24 heteroatoms. The van der Waals surface area contributed by atoms with Crippen LogP contribution in [-0.2, 0) is 43.2 Å². The first-order valence-electron chi connectivity index (χ1n) is 22.2. The summed E-state index contributed by atoms with van der Waals surface area (Å²) >= 11 is 0. The van der Waals surface area contributed by atoms with Crippen LogP contribution in [0.2, 0.25) is 0 Å². The summed E-state index contributed by atoms with van der Waals surface area (Å²) in [6.07, 6.45) is 0.432. The number of carboxylic acid groups (broad SMARTS) is 1. The molecule has 2 rings (SSSR count). The quantitative estimate of drug-likeness (QED) is 0.0235. The van der Waals surface area contributed by atoms with Gasteiger partial charge < -0.3 is 74.2 Å². The van der Waals surface area contributed by atoms with Gasteiger partial charge in [0.15, 0.2) is 5.96 Å². The predicted molar refractivity (Wildman–Crippen MR) is 236 cm³/mol. The van der Waals surface area contributed by atoms with E-state index in [4.69, 9.17) is 17.2 Å². The van der Waals surface area contributed by atoms with Crippen LogP contribution in [0.1, 0.15) is 99.8 Å². The number of rotatable bonds is 25. The van der Waals surface area contributed by atoms with E-state index in [1.165, 1.54) is 30.6 Å². The molecule has 2 saturated heterocycles. The molecule has 2 heterocycles. The molecule has 0 saturated carbocycles. The molecule has 2 aliphatic heterocycles. The highest BCUT2D eigenvalue weighted by Crippen LogP contribution is 2.27. The van der Waals surface area contributed by atoms with Crippen LogP contribution < -0.4 is 49.1 Å². The van der Waals surface area contributed by atoms with Gasteiger partial charge in [-0.3, -0.25) is 43.3 Å². The predicted octanol–water partition coefficient (Wildman–Crippen LogP) is -4.15. The number of carbonyl (C=O) groups is 9. The molecule has 15 N–H and O–H groups in total. The molecule has 0 bridgehead atoms. The second-order valence-corrected chi connectivity index (χ2v) is 17.6. The number of aliphatic carboxylic acids is 1. The fourth-order valence-electron chi connectivity index (χ4n) is 7.50. The normalized spacial score (nSPS) is 19.7. The topological polar surface area (TPSA) is 383 Å². The molecular formula is C41H72N12O12. The Morgan fingerprint density at radius 1 is 0.662 bits per heavy atom. The summed E-state index contributed by atoms with van der Waals surface area (Å²) in [4.78, 5) is 126. The Balaban J connectivity index is 2.26. The molecule has 0 aromatic carbocycles. The number of carboxylic acids is 1. The molecule has 10 atom stereocenters. The molecule has 0 radical (unpaired) electrons. The molecule has 0 aromatic heterocycles. The van der Waals surface area contributed by atoms with Crippen LogP contribution in [0, 0.1) is 11.8 Å². The van der Waals surface area contributed by atoms with E-state index in [9.17, 15) is 58.5 Å². The molecule has 8 amide bonds. The van der Waals surface area contributed by atoms with Crippen molar-refractivity contribution in [2.75, 3.05) is 26.2 Å². The van der Waals surface area contributed by atoms with Gasteiger partial charge in [0.25, 0.3) is 0 Å². The Hall–Kier alpha value is -5.62. The van der Waals surface area contributed by atoms with Gasteiger partial charge >= 0.3 is 5.97 Å². The largest absolute Gasteiger partial charge is 0.480 e. The van der Waals surface area contributed by atoms with Crippen molar-refractivity contribution in [3.8, 4) is 0 Å². The molecule has 2 aliphatic rings. The molecule has 24 nitrogen and oxygen atoms in total. The molecular weight excluding hydrogens is 853 g/mol. The number of nitrogens with zero attached hydrogens (tertiary/aromatic N) is 3. The van der Waals surface area contributed by atoms with Crippen LogP contribution in [0.5, 0.6) is 0 Å². The summed E-state index contributed by atoms with van der Waals surface area (Å²) in [5.74, 6) is -7.58. The van der Waals surface area contributed by atoms with Gasteiger partial charge in [-0.25, -0.2) is 4.79 Å². The average Bonchev–Trinajstić information content (AvgIpc) is 3.92. The lowest BCUT2D eigenvalue weighted by molar-refractivity contribution is -0.148. The fourth-order valence-corrected chi connectivity index (χ4v) is 7.50. The molecule has 0 aromatic rings. The van der Waals surface area contributed by atoms with E-state index in [1.807, 2.05) is 0 Å². The number of amides is 8. The number of aliphatic imine (C=N–C) groups is 1. The lowest BCUT2D eigenvalue weighted by Crippen LogP contribution is -2.61. The monoisotopic (exact) mass is 925 g/mol. The second kappa shape index (κ2) is 26.4. The van der Waals surface area contributed by atoms with E-state index in [1.54, 1.807) is 27.7 Å². The van der Waals surface area contributed by atoms with E-state index in [-0.39, 0.29) is 76.0 Å². The third kappa shape index (κ3) is 17.4. The molecule has 2 fully saturated rings. The number of nitrogens with two attached hydrogens (primary N) is 3. The first-order chi connectivity index (χ1) is 30.4. The van der Waals surface area contributed by atoms with E-state index < -0.39 is 120 Å². The Kier molecular flexibility index (Phi) is 22.5. The first-order valence-corrected chi connectivity index (χ1v) is 22.2. The van der Waals surface area contributed by atoms with Gasteiger partial charge in [-0.05, 0) is 84.0 Å². The molecule has 0 unspecified atom stereocenters. The minimum Gasteiger partial charge on any atom is -0.480 e. The van der Waals surface area contributed by atoms with Crippen LogP contribution in [0.3, 0.4) is 0 Å². The third-order valence-electron chi connectivity index (χ3n) is 10.9. The van der Waals surface area contributed by atoms with Gasteiger partial charge in [-0.15, -0.1) is 0 Å². The fraction of sp³-hybridized carbons (Fsp3) is 0.756. The first kappa shape index (κ1) is 55.5. The van der Waals surface area contributed by atoms with Crippen molar-refractivity contribution >= 4 is 59.2 Å². The van der Waals surface area contributed by atoms with Gasteiger partial charge in [0.1, 0.15) is 48.3 Å². The smallest absolute Gasteiger partial charge is 0.326 e. The van der Waals surface area contributed by atoms with Crippen molar-refractivity contribution in [1.29, 1.82) is 0 Å². The zero-order valence-corrected chi connectivity index (χ0v) is 38.5. The Morgan fingerprint density at radius 2 is 1.20 bits per heavy atom. The summed E-state index contributed by atoms with van der Waals surface area (Å²) < 4.78 is 0. The second-order valence-electron chi connectivity index (χ2n) is 17.6. The minimum atomic E-state index is -1.60. The van der Waals surface area contributed by atoms with Gasteiger partial charge in [0.05, 0.1) is 18.8 Å². The van der Waals surface area contributed by atoms with Crippen LogP contribution in [0.25, 0.3) is 0 Å². The number of aliphatic hydroxyl groups is 2. The van der Waals surface area contributed by atoms with Crippen molar-refractivity contribution in [1.82, 2.24) is 41.7 Å². The number of carbonyl (C=O) groups excluding carboxylic acids is 8. The van der Waals surface area contributed by atoms with Crippen molar-refractivity contribution < 1.29 is 58.5 Å². The average molecular weight is 925 g/mol. The maximum absolute atomic E-state index is 14.3. The summed E-state index contributed by atoms with van der Waals surface area (Å²) in [6.45, 7) is 10.7. The number of hydrogen-bond donors (Lipinski definition) is 12. The van der Waals surface area contributed by atoms with Crippen molar-refractivity contribution in [3.63, 3.8) is 0 Å². The highest BCUT2D eigenvalue weighted by atomic mass is 16.4. The van der Waals surface area contributed by atoms with Crippen LogP contribution in [0.15, 0.2) is 4.99 Å². The maximum atomic E-state index is 14.3. The van der Waals surface area contributed by atoms with E-state index in [2.05, 4.69) is 36.9 Å². The van der Waals surface area contributed by atoms with E-state index >= 15 is 0 Å². The third-order valence-corrected chi connectivity index (χ3v) is 10.9. The lowest BCUT2D eigenvalue weighted by Gasteiger charge is -2.34. The van der Waals surface area contributed by atoms with Crippen molar-refractivity contribution in [3.05, 3.63) is 0 Å². The van der Waals surface area contributed by atoms with Gasteiger partial charge in [-0.2, -0.15) is 0 Å². The number of guanidine groups is 1. The number of nitrogens with one attached hydrogen (secondary N) is 6. The van der Waals surface area contributed by atoms with E-state index in [0.29, 0.717) is 12.8 Å². The maximum Gasteiger partial charge on any atom is 0.326 e. The van der Waals surface area contributed by atoms with Crippen molar-refractivity contribution in [2.24, 2.45) is 34.0 Å². The summed E-state index contributed by atoms with van der Waals surface area (Å²) in [6, 6.07) is -11.0. The molecule has 65 heavy (non-hydrogen) atoms. The van der Waals surface area contributed by atoms with Gasteiger partial charge in [-0.1, -0.05) is 27.7 Å². The highest BCUT2D eigenvalue weighted by molar-refractivity contribution is 5.98. The Morgan fingerprint density at radius 3 is 1.74 bits per heavy atom. The Labute approximate surface area is 379 Å². The van der Waals surface area contributed by atoms with Crippen molar-refractivity contribution in [2.45, 2.75) is 160 Å². The standard InChI is InChI=1S/C41H72N12O12/c1-20(2)17-26(48-35(59)28(19-54)50-37(61)31(24(7)55)51-32(56)22(5)42)38(62)53-16-10-13-30(53)39(63)52-15-9-12-29(52)36(60)47-25(11-8-14-45-41(43)44)34(58)46-23(6)33(57)49-27(40(64)65)18-21(3)4/h20-31,54-55H,8-19,42H2,1-7H3,(H,46,58)(H,47,60)(H,48,59)(H,49,57)(H,50,61)(H,51,56)(H,64,65)(H4,43,44,45)/t22-,23-,24+,25-,26-,27-,28-,29-,30-,31-/m0/s1. The lowest BCUT2D eigenvalue weighted by atomic mass is 10.0.